The quantitative estimate of drug-likeness (QED) is 0.823. The largest absolute Gasteiger partial charge is 0.386 e. The second-order valence-corrected chi connectivity index (χ2v) is 6.33. The first-order valence-corrected chi connectivity index (χ1v) is 8.14. The van der Waals surface area contributed by atoms with Crippen molar-refractivity contribution in [2.75, 3.05) is 6.54 Å². The van der Waals surface area contributed by atoms with Crippen molar-refractivity contribution < 1.29 is 5.11 Å². The smallest absolute Gasteiger partial charge is 0.101 e. The summed E-state index contributed by atoms with van der Waals surface area (Å²) in [6, 6.07) is 4.60. The monoisotopic (exact) mass is 267 g/mol. The number of aliphatic hydroxyl groups is 1. The molecule has 0 aromatic carbocycles. The number of aliphatic hydroxyl groups excluding tert-OH is 1. The summed E-state index contributed by atoms with van der Waals surface area (Å²) in [6.07, 6.45) is 7.73. The molecule has 0 aliphatic heterocycles. The summed E-state index contributed by atoms with van der Waals surface area (Å²) in [6.45, 7) is 2.94. The molecule has 1 aromatic heterocycles. The van der Waals surface area contributed by atoms with E-state index in [1.54, 1.807) is 11.3 Å². The van der Waals surface area contributed by atoms with Gasteiger partial charge in [0.05, 0.1) is 0 Å². The molecule has 2 N–H and O–H groups in total. The van der Waals surface area contributed by atoms with Crippen LogP contribution in [-0.2, 0) is 0 Å². The fourth-order valence-electron chi connectivity index (χ4n) is 3.03. The molecule has 2 nitrogen and oxygen atoms in total. The minimum atomic E-state index is -0.345. The Bertz CT molecular complexity index is 319. The third-order valence-electron chi connectivity index (χ3n) is 4.10. The van der Waals surface area contributed by atoms with Crippen LogP contribution in [0.25, 0.3) is 0 Å². The molecule has 2 rings (SSSR count). The number of thiophene rings is 1. The van der Waals surface area contributed by atoms with Gasteiger partial charge in [-0.15, -0.1) is 11.3 Å². The number of hydrogen-bond donors (Lipinski definition) is 2. The van der Waals surface area contributed by atoms with Gasteiger partial charge >= 0.3 is 0 Å². The Morgan fingerprint density at radius 1 is 1.39 bits per heavy atom. The van der Waals surface area contributed by atoms with Crippen LogP contribution in [0.15, 0.2) is 17.5 Å². The Kier molecular flexibility index (Phi) is 5.67. The van der Waals surface area contributed by atoms with E-state index in [9.17, 15) is 5.11 Å². The number of rotatable bonds is 6. The molecule has 3 heteroatoms. The second kappa shape index (κ2) is 7.27. The van der Waals surface area contributed by atoms with Crippen LogP contribution in [0.1, 0.15) is 56.4 Å². The van der Waals surface area contributed by atoms with Crippen molar-refractivity contribution in [2.24, 2.45) is 5.92 Å². The van der Waals surface area contributed by atoms with Gasteiger partial charge in [-0.1, -0.05) is 32.3 Å². The van der Waals surface area contributed by atoms with Gasteiger partial charge in [0, 0.05) is 17.5 Å². The van der Waals surface area contributed by atoms with E-state index in [0.717, 1.165) is 10.8 Å². The van der Waals surface area contributed by atoms with Crippen LogP contribution in [0.4, 0.5) is 0 Å². The van der Waals surface area contributed by atoms with Gasteiger partial charge in [0.2, 0.25) is 0 Å². The normalized spacial score (nSPS) is 20.8. The van der Waals surface area contributed by atoms with E-state index in [4.69, 9.17) is 0 Å². The highest BCUT2D eigenvalue weighted by molar-refractivity contribution is 7.10. The Morgan fingerprint density at radius 3 is 2.78 bits per heavy atom. The van der Waals surface area contributed by atoms with E-state index in [1.165, 1.54) is 38.5 Å². The maximum absolute atomic E-state index is 10.1. The van der Waals surface area contributed by atoms with Crippen LogP contribution in [0.5, 0.6) is 0 Å². The van der Waals surface area contributed by atoms with Crippen LogP contribution in [0.3, 0.4) is 0 Å². The van der Waals surface area contributed by atoms with Gasteiger partial charge in [0.25, 0.3) is 0 Å². The molecule has 1 aliphatic rings. The predicted octanol–water partition coefficient (Wildman–Crippen LogP) is 3.73. The Hall–Kier alpha value is -0.380. The average molecular weight is 267 g/mol. The summed E-state index contributed by atoms with van der Waals surface area (Å²) in [5, 5.41) is 15.7. The zero-order valence-corrected chi connectivity index (χ0v) is 12.1. The summed E-state index contributed by atoms with van der Waals surface area (Å²) in [5.41, 5.74) is 0. The summed E-state index contributed by atoms with van der Waals surface area (Å²) in [4.78, 5) is 1.07. The lowest BCUT2D eigenvalue weighted by atomic mass is 9.83. The lowest BCUT2D eigenvalue weighted by Gasteiger charge is -2.31. The first-order chi connectivity index (χ1) is 8.81. The lowest BCUT2D eigenvalue weighted by molar-refractivity contribution is 0.160. The molecule has 2 unspecified atom stereocenters. The summed E-state index contributed by atoms with van der Waals surface area (Å²) in [7, 11) is 0. The Labute approximate surface area is 114 Å². The van der Waals surface area contributed by atoms with Crippen LogP contribution in [-0.4, -0.2) is 17.7 Å². The third kappa shape index (κ3) is 3.81. The van der Waals surface area contributed by atoms with Crippen molar-refractivity contribution in [1.29, 1.82) is 0 Å². The van der Waals surface area contributed by atoms with Gasteiger partial charge in [-0.25, -0.2) is 0 Å². The fourth-order valence-corrected chi connectivity index (χ4v) is 3.74. The van der Waals surface area contributed by atoms with Crippen LogP contribution >= 0.6 is 11.3 Å². The topological polar surface area (TPSA) is 32.3 Å². The SMILES string of the molecule is CCC(NCC(O)c1cccs1)C1CCCCC1. The fraction of sp³-hybridized carbons (Fsp3) is 0.733. The highest BCUT2D eigenvalue weighted by Gasteiger charge is 2.22. The molecule has 102 valence electrons. The molecule has 1 saturated carbocycles. The molecule has 0 bridgehead atoms. The van der Waals surface area contributed by atoms with Crippen molar-refractivity contribution in [3.05, 3.63) is 22.4 Å². The van der Waals surface area contributed by atoms with E-state index in [0.29, 0.717) is 12.6 Å². The standard InChI is InChI=1S/C15H25NOS/c1-2-13(12-7-4-3-5-8-12)16-11-14(17)15-9-6-10-18-15/h6,9-10,12-14,16-17H,2-5,7-8,11H2,1H3. The van der Waals surface area contributed by atoms with E-state index >= 15 is 0 Å². The first-order valence-electron chi connectivity index (χ1n) is 7.26. The number of nitrogens with one attached hydrogen (secondary N) is 1. The van der Waals surface area contributed by atoms with Crippen molar-refractivity contribution in [2.45, 2.75) is 57.6 Å². The molecule has 1 aliphatic carbocycles. The molecule has 0 saturated heterocycles. The molecular weight excluding hydrogens is 242 g/mol. The maximum atomic E-state index is 10.1. The zero-order chi connectivity index (χ0) is 12.8. The number of hydrogen-bond acceptors (Lipinski definition) is 3. The summed E-state index contributed by atoms with van der Waals surface area (Å²) >= 11 is 1.64. The van der Waals surface area contributed by atoms with E-state index in [1.807, 2.05) is 17.5 Å². The van der Waals surface area contributed by atoms with Crippen molar-refractivity contribution in [3.8, 4) is 0 Å². The van der Waals surface area contributed by atoms with Crippen molar-refractivity contribution >= 4 is 11.3 Å². The minimum absolute atomic E-state index is 0.345. The Balaban J connectivity index is 1.79. The van der Waals surface area contributed by atoms with Gasteiger partial charge in [-0.05, 0) is 36.6 Å². The second-order valence-electron chi connectivity index (χ2n) is 5.35. The predicted molar refractivity (Wildman–Crippen MR) is 77.9 cm³/mol. The average Bonchev–Trinajstić information content (AvgIpc) is 2.94. The molecule has 1 heterocycles. The third-order valence-corrected chi connectivity index (χ3v) is 5.08. The highest BCUT2D eigenvalue weighted by Crippen LogP contribution is 2.28. The molecular formula is C15H25NOS. The molecule has 18 heavy (non-hydrogen) atoms. The maximum Gasteiger partial charge on any atom is 0.101 e. The van der Waals surface area contributed by atoms with Gasteiger partial charge < -0.3 is 10.4 Å². The summed E-state index contributed by atoms with van der Waals surface area (Å²) < 4.78 is 0. The minimum Gasteiger partial charge on any atom is -0.386 e. The van der Waals surface area contributed by atoms with Crippen LogP contribution < -0.4 is 5.32 Å². The highest BCUT2D eigenvalue weighted by atomic mass is 32.1. The van der Waals surface area contributed by atoms with Gasteiger partial charge in [-0.3, -0.25) is 0 Å². The van der Waals surface area contributed by atoms with Crippen molar-refractivity contribution in [1.82, 2.24) is 5.32 Å². The lowest BCUT2D eigenvalue weighted by Crippen LogP contribution is -2.38. The van der Waals surface area contributed by atoms with E-state index in [2.05, 4.69) is 12.2 Å². The zero-order valence-electron chi connectivity index (χ0n) is 11.3. The van der Waals surface area contributed by atoms with Gasteiger partial charge in [0.1, 0.15) is 6.10 Å². The van der Waals surface area contributed by atoms with Crippen LogP contribution in [0, 0.1) is 5.92 Å². The van der Waals surface area contributed by atoms with Gasteiger partial charge in [-0.2, -0.15) is 0 Å². The molecule has 0 amide bonds. The summed E-state index contributed by atoms with van der Waals surface area (Å²) in [5.74, 6) is 0.819. The first kappa shape index (κ1) is 14.0. The van der Waals surface area contributed by atoms with Gasteiger partial charge in [0.15, 0.2) is 0 Å². The molecule has 0 spiro atoms. The molecule has 1 fully saturated rings. The Morgan fingerprint density at radius 2 is 2.17 bits per heavy atom. The van der Waals surface area contributed by atoms with Crippen LogP contribution in [0.2, 0.25) is 0 Å². The van der Waals surface area contributed by atoms with E-state index < -0.39 is 0 Å². The molecule has 0 radical (unpaired) electrons. The molecule has 2 atom stereocenters. The van der Waals surface area contributed by atoms with Crippen molar-refractivity contribution in [3.63, 3.8) is 0 Å². The van der Waals surface area contributed by atoms with E-state index in [-0.39, 0.29) is 6.10 Å². The molecule has 1 aromatic rings.